The predicted octanol–water partition coefficient (Wildman–Crippen LogP) is 3.50. The first-order valence-electron chi connectivity index (χ1n) is 8.17. The van der Waals surface area contributed by atoms with Crippen molar-refractivity contribution in [1.82, 2.24) is 5.06 Å². The van der Waals surface area contributed by atoms with Crippen molar-refractivity contribution in [3.05, 3.63) is 64.2 Å². The van der Waals surface area contributed by atoms with Crippen LogP contribution in [0.4, 0.5) is 0 Å². The summed E-state index contributed by atoms with van der Waals surface area (Å²) in [7, 11) is 0. The normalized spacial score (nSPS) is 15.8. The molecule has 0 spiro atoms. The van der Waals surface area contributed by atoms with Crippen molar-refractivity contribution >= 4 is 29.4 Å². The summed E-state index contributed by atoms with van der Waals surface area (Å²) in [4.78, 5) is 42.4. The Morgan fingerprint density at radius 3 is 2.31 bits per heavy atom. The molecule has 6 nitrogen and oxygen atoms in total. The zero-order chi connectivity index (χ0) is 18.3. The van der Waals surface area contributed by atoms with Crippen LogP contribution in [-0.4, -0.2) is 29.5 Å². The van der Waals surface area contributed by atoms with Crippen LogP contribution < -0.4 is 4.74 Å². The third-order valence-corrected chi connectivity index (χ3v) is 4.60. The molecule has 4 rings (SSSR count). The Kier molecular flexibility index (Phi) is 4.12. The van der Waals surface area contributed by atoms with Crippen LogP contribution in [0.1, 0.15) is 43.9 Å². The largest absolute Gasteiger partial charge is 0.492 e. The van der Waals surface area contributed by atoms with E-state index < -0.39 is 17.8 Å². The Labute approximate surface area is 154 Å². The first-order valence-corrected chi connectivity index (χ1v) is 8.55. The summed E-state index contributed by atoms with van der Waals surface area (Å²) >= 11 is 6.13. The van der Waals surface area contributed by atoms with Gasteiger partial charge in [-0.05, 0) is 43.0 Å². The zero-order valence-electron chi connectivity index (χ0n) is 13.6. The average Bonchev–Trinajstić information content (AvgIpc) is 3.44. The molecule has 0 N–H and O–H groups in total. The molecule has 0 saturated heterocycles. The zero-order valence-corrected chi connectivity index (χ0v) is 14.4. The van der Waals surface area contributed by atoms with Gasteiger partial charge in [0.25, 0.3) is 11.8 Å². The number of fused-ring (bicyclic) bond motifs is 1. The van der Waals surface area contributed by atoms with Crippen LogP contribution >= 0.6 is 11.6 Å². The van der Waals surface area contributed by atoms with Crippen molar-refractivity contribution in [3.63, 3.8) is 0 Å². The number of carbonyl (C=O) groups is 3. The molecule has 2 aliphatic rings. The van der Waals surface area contributed by atoms with Gasteiger partial charge in [0.2, 0.25) is 0 Å². The van der Waals surface area contributed by atoms with Crippen LogP contribution in [0.2, 0.25) is 5.02 Å². The van der Waals surface area contributed by atoms with Gasteiger partial charge in [-0.25, -0.2) is 4.79 Å². The Hall–Kier alpha value is -2.86. The van der Waals surface area contributed by atoms with E-state index in [4.69, 9.17) is 21.2 Å². The number of carbonyl (C=O) groups excluding carboxylic acids is 3. The molecule has 0 aromatic heterocycles. The van der Waals surface area contributed by atoms with Crippen LogP contribution in [0.3, 0.4) is 0 Å². The van der Waals surface area contributed by atoms with Crippen LogP contribution in [-0.2, 0) is 4.84 Å². The van der Waals surface area contributed by atoms with Gasteiger partial charge >= 0.3 is 5.97 Å². The lowest BCUT2D eigenvalue weighted by molar-refractivity contribution is -0.0586. The molecule has 2 aromatic carbocycles. The Morgan fingerprint density at radius 1 is 1.04 bits per heavy atom. The van der Waals surface area contributed by atoms with E-state index in [-0.39, 0.29) is 27.5 Å². The van der Waals surface area contributed by atoms with Crippen LogP contribution in [0.15, 0.2) is 42.5 Å². The first-order chi connectivity index (χ1) is 12.6. The first kappa shape index (κ1) is 16.6. The predicted molar refractivity (Wildman–Crippen MR) is 92.0 cm³/mol. The van der Waals surface area contributed by atoms with Crippen LogP contribution in [0.5, 0.6) is 5.75 Å². The van der Waals surface area contributed by atoms with Crippen molar-refractivity contribution in [1.29, 1.82) is 0 Å². The SMILES string of the molecule is O=C(ON1C(=O)c2ccccc2C1=O)c1c(Cl)cccc1OCC1CC1. The highest BCUT2D eigenvalue weighted by molar-refractivity contribution is 6.34. The standard InChI is InChI=1S/C19H14ClNO5/c20-14-6-3-7-15(25-10-11-8-9-11)16(14)19(24)26-21-17(22)12-4-1-2-5-13(12)18(21)23/h1-7,11H,8-10H2. The Bertz CT molecular complexity index is 887. The minimum absolute atomic E-state index is 0.00799. The summed E-state index contributed by atoms with van der Waals surface area (Å²) in [5, 5.41) is 0.584. The summed E-state index contributed by atoms with van der Waals surface area (Å²) < 4.78 is 5.67. The number of amides is 2. The number of hydrogen-bond acceptors (Lipinski definition) is 5. The molecule has 2 aromatic rings. The third kappa shape index (κ3) is 2.93. The van der Waals surface area contributed by atoms with Crippen molar-refractivity contribution < 1.29 is 24.0 Å². The molecule has 26 heavy (non-hydrogen) atoms. The quantitative estimate of drug-likeness (QED) is 0.752. The maximum Gasteiger partial charge on any atom is 0.369 e. The number of rotatable bonds is 5. The van der Waals surface area contributed by atoms with Crippen molar-refractivity contribution in [2.75, 3.05) is 6.61 Å². The molecule has 7 heteroatoms. The number of imide groups is 1. The highest BCUT2D eigenvalue weighted by Crippen LogP contribution is 2.33. The van der Waals surface area contributed by atoms with E-state index in [0.717, 1.165) is 12.8 Å². The van der Waals surface area contributed by atoms with Crippen LogP contribution in [0, 0.1) is 5.92 Å². The second-order valence-corrected chi connectivity index (χ2v) is 6.60. The van der Waals surface area contributed by atoms with E-state index in [1.807, 2.05) is 0 Å². The molecule has 2 amide bonds. The fraction of sp³-hybridized carbons (Fsp3) is 0.211. The topological polar surface area (TPSA) is 72.9 Å². The molecular formula is C19H14ClNO5. The molecule has 0 unspecified atom stereocenters. The summed E-state index contributed by atoms with van der Waals surface area (Å²) in [6, 6.07) is 11.0. The van der Waals surface area contributed by atoms with Gasteiger partial charge in [-0.2, -0.15) is 0 Å². The monoisotopic (exact) mass is 371 g/mol. The maximum atomic E-state index is 12.6. The lowest BCUT2D eigenvalue weighted by Crippen LogP contribution is -2.33. The van der Waals surface area contributed by atoms with Gasteiger partial charge < -0.3 is 9.57 Å². The van der Waals surface area contributed by atoms with Gasteiger partial charge in [0, 0.05) is 0 Å². The van der Waals surface area contributed by atoms with Gasteiger partial charge in [-0.15, -0.1) is 0 Å². The highest BCUT2D eigenvalue weighted by atomic mass is 35.5. The van der Waals surface area contributed by atoms with E-state index in [2.05, 4.69) is 0 Å². The van der Waals surface area contributed by atoms with Crippen molar-refractivity contribution in [2.45, 2.75) is 12.8 Å². The van der Waals surface area contributed by atoms with E-state index in [1.54, 1.807) is 24.3 Å². The van der Waals surface area contributed by atoms with E-state index in [9.17, 15) is 14.4 Å². The van der Waals surface area contributed by atoms with Crippen molar-refractivity contribution in [3.8, 4) is 5.75 Å². The Morgan fingerprint density at radius 2 is 1.69 bits per heavy atom. The highest BCUT2D eigenvalue weighted by Gasteiger charge is 2.39. The second kappa shape index (κ2) is 6.46. The minimum Gasteiger partial charge on any atom is -0.492 e. The second-order valence-electron chi connectivity index (χ2n) is 6.20. The number of halogens is 1. The molecule has 1 heterocycles. The fourth-order valence-electron chi connectivity index (χ4n) is 2.69. The summed E-state index contributed by atoms with van der Waals surface area (Å²) in [5.41, 5.74) is 0.371. The molecule has 0 radical (unpaired) electrons. The molecule has 1 saturated carbocycles. The lowest BCUT2D eigenvalue weighted by Gasteiger charge is -2.15. The molecule has 0 atom stereocenters. The van der Waals surface area contributed by atoms with Gasteiger partial charge in [0.05, 0.1) is 22.8 Å². The number of ether oxygens (including phenoxy) is 1. The van der Waals surface area contributed by atoms with Crippen molar-refractivity contribution in [2.24, 2.45) is 5.92 Å². The molecule has 132 valence electrons. The van der Waals surface area contributed by atoms with Crippen LogP contribution in [0.25, 0.3) is 0 Å². The maximum absolute atomic E-state index is 12.6. The third-order valence-electron chi connectivity index (χ3n) is 4.28. The van der Waals surface area contributed by atoms with Gasteiger partial charge in [-0.3, -0.25) is 9.59 Å². The molecule has 1 aliphatic heterocycles. The average molecular weight is 372 g/mol. The number of hydrogen-bond donors (Lipinski definition) is 0. The lowest BCUT2D eigenvalue weighted by atomic mass is 10.1. The molecular weight excluding hydrogens is 358 g/mol. The van der Waals surface area contributed by atoms with E-state index in [0.29, 0.717) is 17.6 Å². The summed E-state index contributed by atoms with van der Waals surface area (Å²) in [6.07, 6.45) is 2.19. The summed E-state index contributed by atoms with van der Waals surface area (Å²) in [6.45, 7) is 0.480. The number of benzene rings is 2. The van der Waals surface area contributed by atoms with Gasteiger partial charge in [0.1, 0.15) is 11.3 Å². The Balaban J connectivity index is 1.57. The van der Waals surface area contributed by atoms with E-state index in [1.165, 1.54) is 18.2 Å². The fourth-order valence-corrected chi connectivity index (χ4v) is 2.94. The van der Waals surface area contributed by atoms with E-state index >= 15 is 0 Å². The summed E-state index contributed by atoms with van der Waals surface area (Å²) in [5.74, 6) is -1.55. The van der Waals surface area contributed by atoms with Gasteiger partial charge in [-0.1, -0.05) is 34.9 Å². The minimum atomic E-state index is -0.920. The smallest absolute Gasteiger partial charge is 0.369 e. The molecule has 1 aliphatic carbocycles. The molecule has 1 fully saturated rings. The molecule has 0 bridgehead atoms. The number of hydroxylamine groups is 2. The van der Waals surface area contributed by atoms with Gasteiger partial charge in [0.15, 0.2) is 0 Å². The number of nitrogens with zero attached hydrogens (tertiary/aromatic N) is 1.